The normalized spacial score (nSPS) is 13.4. The molecule has 0 unspecified atom stereocenters. The Morgan fingerprint density at radius 3 is 2.17 bits per heavy atom. The standard InChI is InChI=1S/C25H30N2O3/c1-4-16-25(3,23(28)26-17-5-2)22(18-20-12-8-6-9-13-20)27-24(29)30-19-21-14-10-7-11-15-21/h4-15,22H,1-2,16-19H2,3H3,(H,26,28)(H,27,29)/t22-,25-/m0/s1. The Balaban J connectivity index is 2.20. The van der Waals surface area contributed by atoms with Crippen LogP contribution in [0.25, 0.3) is 0 Å². The highest BCUT2D eigenvalue weighted by atomic mass is 16.5. The van der Waals surface area contributed by atoms with Gasteiger partial charge in [-0.2, -0.15) is 0 Å². The summed E-state index contributed by atoms with van der Waals surface area (Å²) in [5, 5.41) is 5.78. The van der Waals surface area contributed by atoms with Gasteiger partial charge in [-0.3, -0.25) is 4.79 Å². The molecule has 0 fully saturated rings. The van der Waals surface area contributed by atoms with Gasteiger partial charge in [0.2, 0.25) is 5.91 Å². The molecule has 2 aromatic rings. The van der Waals surface area contributed by atoms with Crippen molar-refractivity contribution in [2.45, 2.75) is 32.4 Å². The van der Waals surface area contributed by atoms with Crippen LogP contribution in [0.4, 0.5) is 4.79 Å². The van der Waals surface area contributed by atoms with Crippen molar-refractivity contribution in [3.05, 3.63) is 97.1 Å². The van der Waals surface area contributed by atoms with Crippen LogP contribution in [0.5, 0.6) is 0 Å². The number of amides is 2. The molecule has 0 heterocycles. The number of benzene rings is 2. The molecule has 0 aromatic heterocycles. The summed E-state index contributed by atoms with van der Waals surface area (Å²) in [5.74, 6) is -0.174. The van der Waals surface area contributed by atoms with Crippen LogP contribution >= 0.6 is 0 Å². The van der Waals surface area contributed by atoms with Gasteiger partial charge in [-0.25, -0.2) is 4.79 Å². The van der Waals surface area contributed by atoms with Gasteiger partial charge in [-0.1, -0.05) is 72.8 Å². The lowest BCUT2D eigenvalue weighted by Crippen LogP contribution is -2.55. The molecule has 0 radical (unpaired) electrons. The van der Waals surface area contributed by atoms with Crippen molar-refractivity contribution in [3.8, 4) is 0 Å². The molecule has 158 valence electrons. The van der Waals surface area contributed by atoms with Crippen molar-refractivity contribution in [2.75, 3.05) is 6.54 Å². The Labute approximate surface area is 178 Å². The molecular weight excluding hydrogens is 376 g/mol. The van der Waals surface area contributed by atoms with E-state index in [1.165, 1.54) is 0 Å². The van der Waals surface area contributed by atoms with E-state index in [1.54, 1.807) is 12.2 Å². The fourth-order valence-corrected chi connectivity index (χ4v) is 3.25. The first-order valence-corrected chi connectivity index (χ1v) is 10.0. The Hall–Kier alpha value is -3.34. The number of ether oxygens (including phenoxy) is 1. The van der Waals surface area contributed by atoms with E-state index in [4.69, 9.17) is 4.74 Å². The lowest BCUT2D eigenvalue weighted by atomic mass is 9.75. The summed E-state index contributed by atoms with van der Waals surface area (Å²) < 4.78 is 5.41. The minimum absolute atomic E-state index is 0.158. The predicted molar refractivity (Wildman–Crippen MR) is 120 cm³/mol. The number of carbonyl (C=O) groups is 2. The molecule has 0 aliphatic heterocycles. The molecule has 5 nitrogen and oxygen atoms in total. The molecule has 2 amide bonds. The third kappa shape index (κ3) is 6.62. The average molecular weight is 407 g/mol. The number of rotatable bonds is 11. The summed E-state index contributed by atoms with van der Waals surface area (Å²) in [4.78, 5) is 25.6. The van der Waals surface area contributed by atoms with Crippen molar-refractivity contribution in [1.82, 2.24) is 10.6 Å². The Morgan fingerprint density at radius 1 is 1.00 bits per heavy atom. The van der Waals surface area contributed by atoms with Crippen LogP contribution in [0.2, 0.25) is 0 Å². The zero-order valence-corrected chi connectivity index (χ0v) is 17.5. The Kier molecular flexibility index (Phi) is 8.88. The summed E-state index contributed by atoms with van der Waals surface area (Å²) in [6.45, 7) is 9.80. The molecule has 2 aromatic carbocycles. The molecule has 0 saturated carbocycles. The smallest absolute Gasteiger partial charge is 0.407 e. The maximum Gasteiger partial charge on any atom is 0.407 e. The fourth-order valence-electron chi connectivity index (χ4n) is 3.25. The van der Waals surface area contributed by atoms with E-state index in [2.05, 4.69) is 23.8 Å². The van der Waals surface area contributed by atoms with Gasteiger partial charge in [0.05, 0.1) is 11.5 Å². The first-order chi connectivity index (χ1) is 14.5. The largest absolute Gasteiger partial charge is 0.445 e. The van der Waals surface area contributed by atoms with E-state index in [0.717, 1.165) is 11.1 Å². The topological polar surface area (TPSA) is 67.4 Å². The van der Waals surface area contributed by atoms with Gasteiger partial charge in [0.15, 0.2) is 0 Å². The minimum Gasteiger partial charge on any atom is -0.445 e. The molecule has 5 heteroatoms. The van der Waals surface area contributed by atoms with E-state index >= 15 is 0 Å². The highest BCUT2D eigenvalue weighted by molar-refractivity contribution is 5.84. The van der Waals surface area contributed by atoms with Gasteiger partial charge in [-0.05, 0) is 30.9 Å². The first-order valence-electron chi connectivity index (χ1n) is 10.0. The molecule has 30 heavy (non-hydrogen) atoms. The highest BCUT2D eigenvalue weighted by Gasteiger charge is 2.41. The molecule has 2 N–H and O–H groups in total. The van der Waals surface area contributed by atoms with Crippen LogP contribution in [0.3, 0.4) is 0 Å². The van der Waals surface area contributed by atoms with Crippen molar-refractivity contribution < 1.29 is 14.3 Å². The lowest BCUT2D eigenvalue weighted by molar-refractivity contribution is -0.131. The Morgan fingerprint density at radius 2 is 1.60 bits per heavy atom. The molecule has 2 atom stereocenters. The maximum atomic E-state index is 13.0. The zero-order valence-electron chi connectivity index (χ0n) is 17.5. The minimum atomic E-state index is -0.910. The SMILES string of the molecule is C=CCNC(=O)[C@@](C)(CC=C)[C@H](Cc1ccccc1)NC(=O)OCc1ccccc1. The molecule has 0 bridgehead atoms. The van der Waals surface area contributed by atoms with Gasteiger partial charge in [-0.15, -0.1) is 13.2 Å². The number of alkyl carbamates (subject to hydrolysis) is 1. The number of allylic oxidation sites excluding steroid dienone is 1. The molecule has 0 saturated heterocycles. The van der Waals surface area contributed by atoms with Gasteiger partial charge < -0.3 is 15.4 Å². The van der Waals surface area contributed by atoms with E-state index in [1.807, 2.05) is 67.6 Å². The van der Waals surface area contributed by atoms with Crippen LogP contribution < -0.4 is 10.6 Å². The number of nitrogens with one attached hydrogen (secondary N) is 2. The molecular formula is C25H30N2O3. The van der Waals surface area contributed by atoms with Crippen LogP contribution in [0, 0.1) is 5.41 Å². The van der Waals surface area contributed by atoms with Gasteiger partial charge >= 0.3 is 6.09 Å². The second-order valence-corrected chi connectivity index (χ2v) is 7.36. The van der Waals surface area contributed by atoms with Crippen molar-refractivity contribution >= 4 is 12.0 Å². The number of carbonyl (C=O) groups excluding carboxylic acids is 2. The summed E-state index contributed by atoms with van der Waals surface area (Å²) in [6.07, 6.45) is 3.63. The molecule has 0 spiro atoms. The van der Waals surface area contributed by atoms with Crippen molar-refractivity contribution in [1.29, 1.82) is 0 Å². The third-order valence-electron chi connectivity index (χ3n) is 5.05. The van der Waals surface area contributed by atoms with Gasteiger partial charge in [0, 0.05) is 6.54 Å². The van der Waals surface area contributed by atoms with Crippen molar-refractivity contribution in [2.24, 2.45) is 5.41 Å². The van der Waals surface area contributed by atoms with Crippen LogP contribution in [-0.4, -0.2) is 24.6 Å². The second kappa shape index (κ2) is 11.6. The zero-order chi connectivity index (χ0) is 21.8. The maximum absolute atomic E-state index is 13.0. The predicted octanol–water partition coefficient (Wildman–Crippen LogP) is 4.41. The highest BCUT2D eigenvalue weighted by Crippen LogP contribution is 2.30. The van der Waals surface area contributed by atoms with E-state index < -0.39 is 17.6 Å². The Bertz CT molecular complexity index is 836. The summed E-state index contributed by atoms with van der Waals surface area (Å²) >= 11 is 0. The quantitative estimate of drug-likeness (QED) is 0.543. The summed E-state index contributed by atoms with van der Waals surface area (Å²) in [7, 11) is 0. The number of hydrogen-bond donors (Lipinski definition) is 2. The fraction of sp³-hybridized carbons (Fsp3) is 0.280. The summed E-state index contributed by atoms with van der Waals surface area (Å²) in [5.41, 5.74) is 0.995. The molecule has 2 rings (SSSR count). The monoisotopic (exact) mass is 406 g/mol. The summed E-state index contributed by atoms with van der Waals surface area (Å²) in [6, 6.07) is 18.7. The van der Waals surface area contributed by atoms with Crippen LogP contribution in [0.1, 0.15) is 24.5 Å². The third-order valence-corrected chi connectivity index (χ3v) is 5.05. The van der Waals surface area contributed by atoms with Crippen molar-refractivity contribution in [3.63, 3.8) is 0 Å². The van der Waals surface area contributed by atoms with E-state index in [0.29, 0.717) is 19.4 Å². The van der Waals surface area contributed by atoms with E-state index in [9.17, 15) is 9.59 Å². The first kappa shape index (κ1) is 22.9. The second-order valence-electron chi connectivity index (χ2n) is 7.36. The van der Waals surface area contributed by atoms with E-state index in [-0.39, 0.29) is 12.5 Å². The molecule has 0 aliphatic carbocycles. The molecule has 0 aliphatic rings. The van der Waals surface area contributed by atoms with Crippen LogP contribution in [0.15, 0.2) is 86.0 Å². The lowest BCUT2D eigenvalue weighted by Gasteiger charge is -2.36. The van der Waals surface area contributed by atoms with Gasteiger partial charge in [0.25, 0.3) is 0 Å². The average Bonchev–Trinajstić information content (AvgIpc) is 2.77. The van der Waals surface area contributed by atoms with Gasteiger partial charge in [0.1, 0.15) is 6.61 Å². The van der Waals surface area contributed by atoms with Crippen LogP contribution in [-0.2, 0) is 22.6 Å². The number of hydrogen-bond acceptors (Lipinski definition) is 3.